The first-order valence-corrected chi connectivity index (χ1v) is 6.56. The molecule has 0 saturated heterocycles. The highest BCUT2D eigenvalue weighted by Crippen LogP contribution is 2.20. The molecule has 0 bridgehead atoms. The number of hydrogen-bond acceptors (Lipinski definition) is 4. The van der Waals surface area contributed by atoms with Gasteiger partial charge in [-0.2, -0.15) is 0 Å². The van der Waals surface area contributed by atoms with Gasteiger partial charge in [-0.15, -0.1) is 0 Å². The van der Waals surface area contributed by atoms with Gasteiger partial charge in [0.25, 0.3) is 5.91 Å². The second-order valence-corrected chi connectivity index (χ2v) is 4.68. The van der Waals surface area contributed by atoms with Crippen molar-refractivity contribution < 1.29 is 9.53 Å². The first kappa shape index (κ1) is 13.5. The molecule has 0 fully saturated rings. The molecule has 1 aromatic heterocycles. The van der Waals surface area contributed by atoms with Crippen molar-refractivity contribution in [3.63, 3.8) is 0 Å². The van der Waals surface area contributed by atoms with Crippen LogP contribution in [-0.4, -0.2) is 29.0 Å². The third-order valence-electron chi connectivity index (χ3n) is 3.30. The maximum Gasteiger partial charge on any atom is 0.316 e. The molecule has 0 unspecified atom stereocenters. The van der Waals surface area contributed by atoms with Gasteiger partial charge >= 0.3 is 6.01 Å². The lowest BCUT2D eigenvalue weighted by atomic mass is 9.94. The van der Waals surface area contributed by atoms with Crippen molar-refractivity contribution in [3.05, 3.63) is 29.6 Å². The van der Waals surface area contributed by atoms with Gasteiger partial charge < -0.3 is 10.1 Å². The maximum atomic E-state index is 12.0. The molecule has 1 aliphatic rings. The van der Waals surface area contributed by atoms with E-state index in [1.807, 2.05) is 6.92 Å². The standard InChI is InChI=1S/C14H19N3O2/c1-10(11-6-4-3-5-7-11)17-13(18)12-8-15-14(19-2)16-9-12/h6,8-10H,3-5,7H2,1-2H3,(H,17,18)/t10-/m0/s1. The number of methoxy groups -OCH3 is 1. The Morgan fingerprint density at radius 1 is 1.37 bits per heavy atom. The minimum absolute atomic E-state index is 0.0647. The summed E-state index contributed by atoms with van der Waals surface area (Å²) in [7, 11) is 1.49. The van der Waals surface area contributed by atoms with Gasteiger partial charge in [-0.05, 0) is 32.6 Å². The first-order valence-electron chi connectivity index (χ1n) is 6.56. The molecule has 1 atom stereocenters. The Labute approximate surface area is 113 Å². The molecule has 1 amide bonds. The molecule has 1 aromatic rings. The van der Waals surface area contributed by atoms with Gasteiger partial charge in [0.05, 0.1) is 12.7 Å². The fourth-order valence-corrected chi connectivity index (χ4v) is 2.17. The van der Waals surface area contributed by atoms with Gasteiger partial charge in [0.2, 0.25) is 0 Å². The molecule has 5 heteroatoms. The van der Waals surface area contributed by atoms with Crippen LogP contribution in [0.2, 0.25) is 0 Å². The van der Waals surface area contributed by atoms with Crippen molar-refractivity contribution in [1.29, 1.82) is 0 Å². The Hall–Kier alpha value is -1.91. The minimum atomic E-state index is -0.151. The van der Waals surface area contributed by atoms with Crippen molar-refractivity contribution >= 4 is 5.91 Å². The van der Waals surface area contributed by atoms with Gasteiger partial charge in [-0.1, -0.05) is 11.6 Å². The zero-order valence-corrected chi connectivity index (χ0v) is 11.3. The quantitative estimate of drug-likeness (QED) is 0.843. The van der Waals surface area contributed by atoms with Crippen LogP contribution in [0, 0.1) is 0 Å². The van der Waals surface area contributed by atoms with Gasteiger partial charge in [-0.3, -0.25) is 4.79 Å². The second-order valence-electron chi connectivity index (χ2n) is 4.68. The average molecular weight is 261 g/mol. The van der Waals surface area contributed by atoms with Crippen molar-refractivity contribution in [3.8, 4) is 6.01 Å². The number of allylic oxidation sites excluding steroid dienone is 1. The zero-order chi connectivity index (χ0) is 13.7. The summed E-state index contributed by atoms with van der Waals surface area (Å²) < 4.78 is 4.86. The van der Waals surface area contributed by atoms with Gasteiger partial charge in [-0.25, -0.2) is 9.97 Å². The summed E-state index contributed by atoms with van der Waals surface area (Å²) in [5.74, 6) is -0.151. The molecule has 1 N–H and O–H groups in total. The number of aromatic nitrogens is 2. The molecular formula is C14H19N3O2. The molecule has 1 aliphatic carbocycles. The predicted octanol–water partition coefficient (Wildman–Crippen LogP) is 2.10. The number of amides is 1. The highest BCUT2D eigenvalue weighted by atomic mass is 16.5. The van der Waals surface area contributed by atoms with Crippen LogP contribution in [0.1, 0.15) is 43.0 Å². The number of carbonyl (C=O) groups excluding carboxylic acids is 1. The zero-order valence-electron chi connectivity index (χ0n) is 11.3. The fourth-order valence-electron chi connectivity index (χ4n) is 2.17. The number of rotatable bonds is 4. The lowest BCUT2D eigenvalue weighted by Crippen LogP contribution is -2.34. The van der Waals surface area contributed by atoms with Crippen LogP contribution >= 0.6 is 0 Å². The van der Waals surface area contributed by atoms with E-state index >= 15 is 0 Å². The van der Waals surface area contributed by atoms with Crippen LogP contribution in [0.4, 0.5) is 0 Å². The normalized spacial score (nSPS) is 16.4. The maximum absolute atomic E-state index is 12.0. The van der Waals surface area contributed by atoms with E-state index in [4.69, 9.17) is 4.74 Å². The summed E-state index contributed by atoms with van der Waals surface area (Å²) in [6.07, 6.45) is 9.82. The number of carbonyl (C=O) groups is 1. The number of nitrogens with one attached hydrogen (secondary N) is 1. The number of nitrogens with zero attached hydrogens (tertiary/aromatic N) is 2. The SMILES string of the molecule is COc1ncc(C(=O)N[C@@H](C)C2=CCCCC2)cn1. The third kappa shape index (κ3) is 3.53. The van der Waals surface area contributed by atoms with E-state index in [2.05, 4.69) is 21.4 Å². The number of hydrogen-bond donors (Lipinski definition) is 1. The Morgan fingerprint density at radius 2 is 2.11 bits per heavy atom. The van der Waals surface area contributed by atoms with Gasteiger partial charge in [0.1, 0.15) is 0 Å². The van der Waals surface area contributed by atoms with E-state index in [0.29, 0.717) is 5.56 Å². The molecule has 5 nitrogen and oxygen atoms in total. The molecule has 19 heavy (non-hydrogen) atoms. The summed E-state index contributed by atoms with van der Waals surface area (Å²) >= 11 is 0. The van der Waals surface area contributed by atoms with E-state index in [1.54, 1.807) is 0 Å². The third-order valence-corrected chi connectivity index (χ3v) is 3.30. The van der Waals surface area contributed by atoms with Crippen LogP contribution in [0.25, 0.3) is 0 Å². The van der Waals surface area contributed by atoms with E-state index in [1.165, 1.54) is 37.9 Å². The molecule has 1 heterocycles. The summed E-state index contributed by atoms with van der Waals surface area (Å²) in [5.41, 5.74) is 1.76. The average Bonchev–Trinajstić information content (AvgIpc) is 2.48. The van der Waals surface area contributed by atoms with Gasteiger partial charge in [0.15, 0.2) is 0 Å². The first-order chi connectivity index (χ1) is 9.20. The van der Waals surface area contributed by atoms with Crippen molar-refractivity contribution in [1.82, 2.24) is 15.3 Å². The largest absolute Gasteiger partial charge is 0.467 e. The van der Waals surface area contributed by atoms with Crippen molar-refractivity contribution in [2.75, 3.05) is 7.11 Å². The Morgan fingerprint density at radius 3 is 2.68 bits per heavy atom. The number of ether oxygens (including phenoxy) is 1. The Kier molecular flexibility index (Phi) is 4.49. The summed E-state index contributed by atoms with van der Waals surface area (Å²) in [5, 5.41) is 2.98. The van der Waals surface area contributed by atoms with Crippen LogP contribution in [0.15, 0.2) is 24.0 Å². The van der Waals surface area contributed by atoms with Crippen LogP contribution < -0.4 is 10.1 Å². The fraction of sp³-hybridized carbons (Fsp3) is 0.500. The van der Waals surface area contributed by atoms with E-state index in [0.717, 1.165) is 12.8 Å². The summed E-state index contributed by atoms with van der Waals surface area (Å²) in [4.78, 5) is 19.9. The minimum Gasteiger partial charge on any atom is -0.467 e. The van der Waals surface area contributed by atoms with Crippen molar-refractivity contribution in [2.24, 2.45) is 0 Å². The monoisotopic (exact) mass is 261 g/mol. The van der Waals surface area contributed by atoms with Crippen LogP contribution in [0.5, 0.6) is 6.01 Å². The van der Waals surface area contributed by atoms with E-state index in [9.17, 15) is 4.79 Å². The van der Waals surface area contributed by atoms with E-state index < -0.39 is 0 Å². The Balaban J connectivity index is 1.97. The highest BCUT2D eigenvalue weighted by Gasteiger charge is 2.15. The van der Waals surface area contributed by atoms with Crippen molar-refractivity contribution in [2.45, 2.75) is 38.6 Å². The van der Waals surface area contributed by atoms with Crippen LogP contribution in [0.3, 0.4) is 0 Å². The summed E-state index contributed by atoms with van der Waals surface area (Å²) in [6.45, 7) is 2.01. The topological polar surface area (TPSA) is 64.1 Å². The van der Waals surface area contributed by atoms with Gasteiger partial charge in [0, 0.05) is 18.4 Å². The molecule has 0 saturated carbocycles. The molecule has 0 radical (unpaired) electrons. The molecule has 2 rings (SSSR count). The summed E-state index contributed by atoms with van der Waals surface area (Å²) in [6, 6.07) is 0.328. The predicted molar refractivity (Wildman–Crippen MR) is 72.1 cm³/mol. The smallest absolute Gasteiger partial charge is 0.316 e. The highest BCUT2D eigenvalue weighted by molar-refractivity contribution is 5.93. The molecule has 102 valence electrons. The second kappa shape index (κ2) is 6.31. The lowest BCUT2D eigenvalue weighted by molar-refractivity contribution is 0.0943. The molecule has 0 aromatic carbocycles. The lowest BCUT2D eigenvalue weighted by Gasteiger charge is -2.20. The molecular weight excluding hydrogens is 242 g/mol. The Bertz CT molecular complexity index is 468. The molecule has 0 spiro atoms. The van der Waals surface area contributed by atoms with E-state index in [-0.39, 0.29) is 18.0 Å². The van der Waals surface area contributed by atoms with Crippen LogP contribution in [-0.2, 0) is 0 Å². The molecule has 0 aliphatic heterocycles.